The first-order valence-electron chi connectivity index (χ1n) is 19.0. The first-order valence-corrected chi connectivity index (χ1v) is 20.5. The van der Waals surface area contributed by atoms with Crippen molar-refractivity contribution >= 4 is 66.9 Å². The molecule has 4 heterocycles. The molecule has 3 saturated carbocycles. The molecule has 0 spiro atoms. The van der Waals surface area contributed by atoms with Crippen molar-refractivity contribution < 1.29 is 45.9 Å². The average molecular weight is 791 g/mol. The van der Waals surface area contributed by atoms with Crippen LogP contribution in [-0.4, -0.2) is 88.7 Å². The lowest BCUT2D eigenvalue weighted by molar-refractivity contribution is -0.141. The van der Waals surface area contributed by atoms with Gasteiger partial charge in [-0.25, -0.2) is 22.6 Å². The van der Waals surface area contributed by atoms with Gasteiger partial charge in [0.25, 0.3) is 5.91 Å². The first kappa shape index (κ1) is 37.6. The van der Waals surface area contributed by atoms with Crippen LogP contribution in [0.4, 0.5) is 9.18 Å². The molecule has 296 valence electrons. The molecule has 4 aromatic rings. The van der Waals surface area contributed by atoms with E-state index in [1.54, 1.807) is 32.2 Å². The van der Waals surface area contributed by atoms with Crippen molar-refractivity contribution in [3.8, 4) is 5.75 Å². The number of halogens is 1. The van der Waals surface area contributed by atoms with Gasteiger partial charge >= 0.3 is 6.09 Å². The quantitative estimate of drug-likeness (QED) is 0.172. The number of hydrogen-bond donors (Lipinski definition) is 3. The number of nitrogens with zero attached hydrogens (tertiary/aromatic N) is 3. The Morgan fingerprint density at radius 1 is 1.09 bits per heavy atom. The number of nitrogens with one attached hydrogen (secondary N) is 3. The fraction of sp³-hybridized carbons (Fsp3) is 0.487. The number of sulfonamides is 1. The number of hydrogen-bond acceptors (Lipinski definition) is 11. The van der Waals surface area contributed by atoms with E-state index in [2.05, 4.69) is 31.9 Å². The van der Waals surface area contributed by atoms with Crippen molar-refractivity contribution in [1.29, 1.82) is 0 Å². The highest BCUT2D eigenvalue weighted by molar-refractivity contribution is 7.91. The lowest BCUT2D eigenvalue weighted by Crippen LogP contribution is -2.59. The van der Waals surface area contributed by atoms with Crippen LogP contribution in [0.25, 0.3) is 33.1 Å². The van der Waals surface area contributed by atoms with Crippen molar-refractivity contribution in [1.82, 2.24) is 30.2 Å². The average Bonchev–Trinajstić information content (AvgIpc) is 3.98. The van der Waals surface area contributed by atoms with E-state index in [4.69, 9.17) is 13.9 Å². The number of amides is 4. The van der Waals surface area contributed by atoms with Crippen LogP contribution in [-0.2, 0) is 29.1 Å². The third-order valence-corrected chi connectivity index (χ3v) is 13.0. The topological polar surface area (TPSA) is 199 Å². The van der Waals surface area contributed by atoms with Crippen LogP contribution in [0, 0.1) is 17.7 Å². The minimum absolute atomic E-state index is 0.0727. The van der Waals surface area contributed by atoms with Crippen molar-refractivity contribution in [2.45, 2.75) is 100 Å². The molecular formula is C39H43FN6O9S. The summed E-state index contributed by atoms with van der Waals surface area (Å²) in [5.41, 5.74) is 0.0805. The summed E-state index contributed by atoms with van der Waals surface area (Å²) < 4.78 is 60.6. The molecule has 4 amide bonds. The molecule has 8 rings (SSSR count). The van der Waals surface area contributed by atoms with E-state index in [1.165, 1.54) is 29.2 Å². The number of rotatable bonds is 12. The van der Waals surface area contributed by atoms with Gasteiger partial charge in [-0.15, -0.1) is 6.58 Å². The molecule has 15 nitrogen and oxygen atoms in total. The zero-order chi connectivity index (χ0) is 39.5. The second kappa shape index (κ2) is 14.3. The summed E-state index contributed by atoms with van der Waals surface area (Å²) in [5.74, 6) is -3.49. The Kier molecular flexibility index (Phi) is 9.61. The van der Waals surface area contributed by atoms with Gasteiger partial charge in [0.15, 0.2) is 16.9 Å². The number of fused-ring (bicyclic) bond motifs is 4. The van der Waals surface area contributed by atoms with Gasteiger partial charge in [0.1, 0.15) is 46.7 Å². The largest absolute Gasteiger partial charge is 0.484 e. The number of alkyl carbamates (subject to hydrolysis) is 1. The Labute approximate surface area is 321 Å². The van der Waals surface area contributed by atoms with E-state index >= 15 is 0 Å². The van der Waals surface area contributed by atoms with Gasteiger partial charge in [-0.3, -0.25) is 24.1 Å². The second-order valence-electron chi connectivity index (χ2n) is 15.6. The third kappa shape index (κ3) is 7.01. The molecule has 1 saturated heterocycles. The fourth-order valence-corrected chi connectivity index (χ4v) is 9.26. The normalized spacial score (nSPS) is 24.4. The Morgan fingerprint density at radius 3 is 2.55 bits per heavy atom. The lowest BCUT2D eigenvalue weighted by Gasteiger charge is -2.31. The van der Waals surface area contributed by atoms with Crippen LogP contribution in [0.2, 0.25) is 0 Å². The Bertz CT molecular complexity index is 2380. The summed E-state index contributed by atoms with van der Waals surface area (Å²) in [7, 11) is -3.94. The van der Waals surface area contributed by atoms with Gasteiger partial charge in [0, 0.05) is 30.0 Å². The van der Waals surface area contributed by atoms with E-state index in [-0.39, 0.29) is 42.3 Å². The maximum absolute atomic E-state index is 14.5. The molecule has 3 aliphatic carbocycles. The summed E-state index contributed by atoms with van der Waals surface area (Å²) in [6, 6.07) is 5.10. The van der Waals surface area contributed by atoms with Crippen LogP contribution in [0.5, 0.6) is 5.75 Å². The van der Waals surface area contributed by atoms with E-state index in [0.29, 0.717) is 34.8 Å². The summed E-state index contributed by atoms with van der Waals surface area (Å²) in [6.07, 6.45) is 5.44. The Hall–Kier alpha value is -5.32. The Morgan fingerprint density at radius 2 is 1.86 bits per heavy atom. The zero-order valence-electron chi connectivity index (χ0n) is 31.0. The molecule has 1 aliphatic heterocycles. The van der Waals surface area contributed by atoms with Gasteiger partial charge in [0.05, 0.1) is 17.3 Å². The number of carbonyl (C=O) groups excluding carboxylic acids is 4. The summed E-state index contributed by atoms with van der Waals surface area (Å²) in [6.45, 7) is 7.14. The number of aromatic nitrogens is 2. The minimum Gasteiger partial charge on any atom is -0.484 e. The zero-order valence-corrected chi connectivity index (χ0v) is 31.8. The molecule has 0 radical (unpaired) electrons. The molecular weight excluding hydrogens is 748 g/mol. The van der Waals surface area contributed by atoms with Crippen LogP contribution >= 0.6 is 0 Å². The third-order valence-electron chi connectivity index (χ3n) is 11.2. The van der Waals surface area contributed by atoms with Gasteiger partial charge < -0.3 is 29.4 Å². The molecule has 4 aliphatic rings. The highest BCUT2D eigenvalue weighted by atomic mass is 32.2. The first-order chi connectivity index (χ1) is 26.8. The number of furan rings is 1. The molecule has 0 unspecified atom stereocenters. The second-order valence-corrected chi connectivity index (χ2v) is 17.5. The number of likely N-dealkylation sites (tertiary alicyclic amines) is 1. The van der Waals surface area contributed by atoms with Crippen LogP contribution < -0.4 is 20.1 Å². The van der Waals surface area contributed by atoms with E-state index in [1.807, 2.05) is 0 Å². The fourth-order valence-electron chi connectivity index (χ4n) is 7.89. The number of carbonyl (C=O) groups is 4. The van der Waals surface area contributed by atoms with Gasteiger partial charge in [-0.2, -0.15) is 0 Å². The van der Waals surface area contributed by atoms with Crippen molar-refractivity contribution in [3.05, 3.63) is 55.0 Å². The van der Waals surface area contributed by atoms with Gasteiger partial charge in [0.2, 0.25) is 21.8 Å². The molecule has 1 aromatic carbocycles. The van der Waals surface area contributed by atoms with Crippen LogP contribution in [0.1, 0.15) is 65.2 Å². The van der Waals surface area contributed by atoms with Gasteiger partial charge in [-0.05, 0) is 75.1 Å². The smallest absolute Gasteiger partial charge is 0.408 e. The Balaban J connectivity index is 1.12. The minimum atomic E-state index is -3.94. The predicted octanol–water partition coefficient (Wildman–Crippen LogP) is 4.38. The van der Waals surface area contributed by atoms with Crippen LogP contribution in [0.15, 0.2) is 53.6 Å². The van der Waals surface area contributed by atoms with E-state index in [9.17, 15) is 32.0 Å². The maximum Gasteiger partial charge on any atom is 0.408 e. The van der Waals surface area contributed by atoms with Crippen molar-refractivity contribution in [2.75, 3.05) is 6.54 Å². The molecule has 17 heteroatoms. The standard InChI is InChI=1S/C39H43FN6O9S/c1-4-21-18-39(21,37(49)45-56(51,52)25-12-13-25)44-35(47)28-17-24(19-46(28)36(48)30(20(2)3)43-38(50)54-23-8-5-6-9-23)53-33-26-14-11-22(40)16-27(26)42-32-31-29(55-34(32)33)10-7-15-41-31/h4,7,10-11,14-16,20-21,23-25,28,30H,1,5-6,8-9,12-13,17-19H2,2-3H3,(H,43,50)(H,44,47)(H,45,49)/t21-,24-,28+,30+,39-/m1/s1. The van der Waals surface area contributed by atoms with Gasteiger partial charge in [-0.1, -0.05) is 19.9 Å². The highest BCUT2D eigenvalue weighted by Crippen LogP contribution is 2.46. The molecule has 0 bridgehead atoms. The van der Waals surface area contributed by atoms with E-state index < -0.39 is 80.5 Å². The van der Waals surface area contributed by atoms with E-state index in [0.717, 1.165) is 25.7 Å². The number of pyridine rings is 2. The predicted molar refractivity (Wildman–Crippen MR) is 201 cm³/mol. The molecule has 3 aromatic heterocycles. The van der Waals surface area contributed by atoms with Crippen LogP contribution in [0.3, 0.4) is 0 Å². The summed E-state index contributed by atoms with van der Waals surface area (Å²) in [5, 5.41) is 5.24. The van der Waals surface area contributed by atoms with Crippen molar-refractivity contribution in [2.24, 2.45) is 11.8 Å². The molecule has 3 N–H and O–H groups in total. The molecule has 56 heavy (non-hydrogen) atoms. The highest BCUT2D eigenvalue weighted by Gasteiger charge is 2.62. The maximum atomic E-state index is 14.5. The molecule has 4 fully saturated rings. The lowest BCUT2D eigenvalue weighted by atomic mass is 10.0. The molecule has 5 atom stereocenters. The summed E-state index contributed by atoms with van der Waals surface area (Å²) in [4.78, 5) is 65.9. The number of benzene rings is 1. The monoisotopic (exact) mass is 790 g/mol. The summed E-state index contributed by atoms with van der Waals surface area (Å²) >= 11 is 0. The van der Waals surface area contributed by atoms with Crippen molar-refractivity contribution in [3.63, 3.8) is 0 Å². The SMILES string of the molecule is C=C[C@@H]1C[C@]1(NC(=O)[C@@H]1C[C@@H](Oc2c3ccc(F)cc3nc3c2oc2cccnc23)CN1C(=O)[C@@H](NC(=O)OC1CCCC1)C(C)C)C(=O)NS(=O)(=O)C1CC1. The number of ether oxygens (including phenoxy) is 2.